The Balaban J connectivity index is 2.00. The Hall–Kier alpha value is -2.21. The fraction of sp³-hybridized carbons (Fsp3) is 0.267. The van der Waals surface area contributed by atoms with Crippen molar-refractivity contribution in [3.8, 4) is 0 Å². The van der Waals surface area contributed by atoms with Crippen molar-refractivity contribution in [1.29, 1.82) is 0 Å². The van der Waals surface area contributed by atoms with Crippen molar-refractivity contribution < 1.29 is 23.1 Å². The Morgan fingerprint density at radius 2 is 2.00 bits per heavy atom. The highest BCUT2D eigenvalue weighted by atomic mass is 19.2. The standard InChI is InChI=1S/C15H15F2NO3/c1-8-5-11(9(2)21-8)14(19)7-18-15(20)10-3-4-12(16)13(17)6-10/h3-6,14,19H,7H2,1-2H3,(H,18,20). The second-order valence-corrected chi connectivity index (χ2v) is 4.72. The number of aliphatic hydroxyl groups excluding tert-OH is 1. The Labute approximate surface area is 120 Å². The van der Waals surface area contributed by atoms with Crippen molar-refractivity contribution in [3.05, 3.63) is 58.5 Å². The van der Waals surface area contributed by atoms with Gasteiger partial charge in [-0.05, 0) is 38.1 Å². The van der Waals surface area contributed by atoms with Crippen LogP contribution in [0.3, 0.4) is 0 Å². The molecule has 0 aliphatic heterocycles. The van der Waals surface area contributed by atoms with Crippen LogP contribution in [-0.4, -0.2) is 17.6 Å². The van der Waals surface area contributed by atoms with Gasteiger partial charge in [-0.25, -0.2) is 8.78 Å². The molecule has 1 heterocycles. The number of amides is 1. The number of rotatable bonds is 4. The van der Waals surface area contributed by atoms with Crippen molar-refractivity contribution in [3.63, 3.8) is 0 Å². The molecule has 0 saturated heterocycles. The number of benzene rings is 1. The molecule has 6 heteroatoms. The lowest BCUT2D eigenvalue weighted by atomic mass is 10.1. The van der Waals surface area contributed by atoms with E-state index in [2.05, 4.69) is 5.32 Å². The Bertz CT molecular complexity index is 667. The van der Waals surface area contributed by atoms with Gasteiger partial charge in [0.25, 0.3) is 5.91 Å². The minimum absolute atomic E-state index is 0.0128. The minimum atomic E-state index is -1.09. The summed E-state index contributed by atoms with van der Waals surface area (Å²) in [5.74, 6) is -1.47. The SMILES string of the molecule is Cc1cc(C(O)CNC(=O)c2ccc(F)c(F)c2)c(C)o1. The molecule has 0 radical (unpaired) electrons. The van der Waals surface area contributed by atoms with Crippen LogP contribution in [0.25, 0.3) is 0 Å². The highest BCUT2D eigenvalue weighted by molar-refractivity contribution is 5.94. The molecule has 2 aromatic rings. The lowest BCUT2D eigenvalue weighted by Crippen LogP contribution is -2.28. The van der Waals surface area contributed by atoms with E-state index in [9.17, 15) is 18.7 Å². The van der Waals surface area contributed by atoms with Crippen molar-refractivity contribution in [2.75, 3.05) is 6.54 Å². The third kappa shape index (κ3) is 3.46. The average Bonchev–Trinajstić information content (AvgIpc) is 2.77. The molecule has 0 saturated carbocycles. The van der Waals surface area contributed by atoms with E-state index in [1.54, 1.807) is 19.9 Å². The van der Waals surface area contributed by atoms with E-state index >= 15 is 0 Å². The largest absolute Gasteiger partial charge is 0.466 e. The zero-order chi connectivity index (χ0) is 15.6. The fourth-order valence-electron chi connectivity index (χ4n) is 2.02. The zero-order valence-electron chi connectivity index (χ0n) is 11.6. The van der Waals surface area contributed by atoms with Crippen LogP contribution in [0.15, 0.2) is 28.7 Å². The van der Waals surface area contributed by atoms with Crippen molar-refractivity contribution >= 4 is 5.91 Å². The maximum Gasteiger partial charge on any atom is 0.251 e. The summed E-state index contributed by atoms with van der Waals surface area (Å²) in [7, 11) is 0. The summed E-state index contributed by atoms with van der Waals surface area (Å²) in [5, 5.41) is 12.5. The first-order valence-corrected chi connectivity index (χ1v) is 6.36. The first-order valence-electron chi connectivity index (χ1n) is 6.36. The monoisotopic (exact) mass is 295 g/mol. The predicted octanol–water partition coefficient (Wildman–Crippen LogP) is 2.64. The number of nitrogens with one attached hydrogen (secondary N) is 1. The summed E-state index contributed by atoms with van der Waals surface area (Å²) in [6.07, 6.45) is -0.934. The molecule has 2 rings (SSSR count). The van der Waals surface area contributed by atoms with E-state index in [1.807, 2.05) is 0 Å². The summed E-state index contributed by atoms with van der Waals surface area (Å²) in [5.41, 5.74) is 0.569. The quantitative estimate of drug-likeness (QED) is 0.911. The number of aliphatic hydroxyl groups is 1. The van der Waals surface area contributed by atoms with Gasteiger partial charge < -0.3 is 14.8 Å². The molecule has 0 spiro atoms. The van der Waals surface area contributed by atoms with Gasteiger partial charge >= 0.3 is 0 Å². The lowest BCUT2D eigenvalue weighted by Gasteiger charge is -2.11. The number of hydrogen-bond donors (Lipinski definition) is 2. The number of aryl methyl sites for hydroxylation is 2. The highest BCUT2D eigenvalue weighted by Crippen LogP contribution is 2.21. The van der Waals surface area contributed by atoms with E-state index in [4.69, 9.17) is 4.42 Å². The van der Waals surface area contributed by atoms with Gasteiger partial charge in [0, 0.05) is 17.7 Å². The van der Waals surface area contributed by atoms with Gasteiger partial charge in [0.05, 0.1) is 6.10 Å². The molecule has 1 unspecified atom stereocenters. The van der Waals surface area contributed by atoms with Crippen LogP contribution in [0.1, 0.15) is 33.5 Å². The number of furan rings is 1. The first-order chi connectivity index (χ1) is 9.88. The van der Waals surface area contributed by atoms with Crippen LogP contribution in [-0.2, 0) is 0 Å². The summed E-state index contributed by atoms with van der Waals surface area (Å²) in [6.45, 7) is 3.41. The molecular weight excluding hydrogens is 280 g/mol. The second kappa shape index (κ2) is 6.05. The molecule has 0 fully saturated rings. The summed E-state index contributed by atoms with van der Waals surface area (Å²) >= 11 is 0. The lowest BCUT2D eigenvalue weighted by molar-refractivity contribution is 0.0915. The molecular formula is C15H15F2NO3. The number of halogens is 2. The first kappa shape index (κ1) is 15.2. The molecule has 0 bridgehead atoms. The molecule has 112 valence electrons. The number of hydrogen-bond acceptors (Lipinski definition) is 3. The third-order valence-electron chi connectivity index (χ3n) is 3.08. The maximum atomic E-state index is 13.0. The van der Waals surface area contributed by atoms with Crippen LogP contribution in [0, 0.1) is 25.5 Å². The van der Waals surface area contributed by atoms with Crippen LogP contribution in [0.4, 0.5) is 8.78 Å². The smallest absolute Gasteiger partial charge is 0.251 e. The van der Waals surface area contributed by atoms with Gasteiger partial charge in [-0.2, -0.15) is 0 Å². The van der Waals surface area contributed by atoms with Crippen LogP contribution in [0.2, 0.25) is 0 Å². The van der Waals surface area contributed by atoms with E-state index in [0.717, 1.165) is 12.1 Å². The Morgan fingerprint density at radius 3 is 2.57 bits per heavy atom. The highest BCUT2D eigenvalue weighted by Gasteiger charge is 2.16. The number of carbonyl (C=O) groups excluding carboxylic acids is 1. The Morgan fingerprint density at radius 1 is 1.29 bits per heavy atom. The topological polar surface area (TPSA) is 62.5 Å². The molecule has 1 aromatic heterocycles. The van der Waals surface area contributed by atoms with Crippen molar-refractivity contribution in [2.45, 2.75) is 20.0 Å². The summed E-state index contributed by atoms with van der Waals surface area (Å²) in [6, 6.07) is 4.55. The predicted molar refractivity (Wildman–Crippen MR) is 71.8 cm³/mol. The normalized spacial score (nSPS) is 12.2. The van der Waals surface area contributed by atoms with Gasteiger partial charge in [-0.3, -0.25) is 4.79 Å². The van der Waals surface area contributed by atoms with Gasteiger partial charge in [0.15, 0.2) is 11.6 Å². The fourth-order valence-corrected chi connectivity index (χ4v) is 2.02. The van der Waals surface area contributed by atoms with Crippen LogP contribution >= 0.6 is 0 Å². The molecule has 2 N–H and O–H groups in total. The summed E-state index contributed by atoms with van der Waals surface area (Å²) < 4.78 is 31.1. The Kier molecular flexibility index (Phi) is 4.37. The summed E-state index contributed by atoms with van der Waals surface area (Å²) in [4.78, 5) is 11.8. The van der Waals surface area contributed by atoms with Gasteiger partial charge in [-0.1, -0.05) is 0 Å². The van der Waals surface area contributed by atoms with Crippen LogP contribution < -0.4 is 5.32 Å². The molecule has 21 heavy (non-hydrogen) atoms. The van der Waals surface area contributed by atoms with E-state index < -0.39 is 23.6 Å². The van der Waals surface area contributed by atoms with Gasteiger partial charge in [-0.15, -0.1) is 0 Å². The van der Waals surface area contributed by atoms with Crippen molar-refractivity contribution in [2.24, 2.45) is 0 Å². The molecule has 4 nitrogen and oxygen atoms in total. The van der Waals surface area contributed by atoms with E-state index in [1.165, 1.54) is 6.07 Å². The average molecular weight is 295 g/mol. The van der Waals surface area contributed by atoms with E-state index in [-0.39, 0.29) is 12.1 Å². The molecule has 0 aliphatic rings. The van der Waals surface area contributed by atoms with Gasteiger partial charge in [0.2, 0.25) is 0 Å². The zero-order valence-corrected chi connectivity index (χ0v) is 11.6. The molecule has 0 aliphatic carbocycles. The number of carbonyl (C=O) groups is 1. The van der Waals surface area contributed by atoms with Gasteiger partial charge in [0.1, 0.15) is 11.5 Å². The molecule has 1 atom stereocenters. The maximum absolute atomic E-state index is 13.0. The second-order valence-electron chi connectivity index (χ2n) is 4.72. The third-order valence-corrected chi connectivity index (χ3v) is 3.08. The van der Waals surface area contributed by atoms with Crippen molar-refractivity contribution in [1.82, 2.24) is 5.32 Å². The van der Waals surface area contributed by atoms with Crippen LogP contribution in [0.5, 0.6) is 0 Å². The molecule has 1 aromatic carbocycles. The molecule has 1 amide bonds. The minimum Gasteiger partial charge on any atom is -0.466 e. The van der Waals surface area contributed by atoms with E-state index in [0.29, 0.717) is 17.1 Å².